The zero-order valence-corrected chi connectivity index (χ0v) is 11.9. The smallest absolute Gasteiger partial charge is 0.134 e. The fraction of sp³-hybridized carbons (Fsp3) is 0.222. The van der Waals surface area contributed by atoms with Crippen LogP contribution in [0.1, 0.15) is 29.9 Å². The molecule has 0 spiro atoms. The Kier molecular flexibility index (Phi) is 3.57. The van der Waals surface area contributed by atoms with E-state index in [9.17, 15) is 0 Å². The minimum Gasteiger partial charge on any atom is -0.459 e. The van der Waals surface area contributed by atoms with Gasteiger partial charge < -0.3 is 9.73 Å². The Balaban J connectivity index is 2.08. The number of aryl methyl sites for hydroxylation is 1. The van der Waals surface area contributed by atoms with Crippen molar-refractivity contribution in [2.75, 3.05) is 6.54 Å². The van der Waals surface area contributed by atoms with Crippen LogP contribution in [0, 0.1) is 6.92 Å². The average molecular weight is 265 g/mol. The third-order valence-electron chi connectivity index (χ3n) is 3.64. The molecule has 20 heavy (non-hydrogen) atoms. The number of para-hydroxylation sites is 1. The van der Waals surface area contributed by atoms with E-state index >= 15 is 0 Å². The molecule has 0 bridgehead atoms. The van der Waals surface area contributed by atoms with Crippen molar-refractivity contribution in [1.82, 2.24) is 5.32 Å². The van der Waals surface area contributed by atoms with E-state index in [0.29, 0.717) is 0 Å². The fourth-order valence-electron chi connectivity index (χ4n) is 2.62. The zero-order valence-electron chi connectivity index (χ0n) is 11.9. The molecule has 0 aliphatic heterocycles. The molecule has 1 heterocycles. The van der Waals surface area contributed by atoms with E-state index in [1.54, 1.807) is 0 Å². The van der Waals surface area contributed by atoms with Crippen molar-refractivity contribution in [3.8, 4) is 0 Å². The Morgan fingerprint density at radius 2 is 1.80 bits per heavy atom. The molecular weight excluding hydrogens is 246 g/mol. The number of hydrogen-bond donors (Lipinski definition) is 1. The Labute approximate surface area is 119 Å². The van der Waals surface area contributed by atoms with E-state index in [2.05, 4.69) is 55.6 Å². The molecule has 1 unspecified atom stereocenters. The van der Waals surface area contributed by atoms with Crippen LogP contribution in [-0.4, -0.2) is 6.54 Å². The second-order valence-corrected chi connectivity index (χ2v) is 5.03. The Hall–Kier alpha value is -2.06. The first kappa shape index (κ1) is 12.9. The summed E-state index contributed by atoms with van der Waals surface area (Å²) in [5, 5.41) is 4.68. The van der Waals surface area contributed by atoms with Crippen LogP contribution >= 0.6 is 0 Å². The van der Waals surface area contributed by atoms with Crippen LogP contribution in [0.3, 0.4) is 0 Å². The van der Waals surface area contributed by atoms with Crippen molar-refractivity contribution in [1.29, 1.82) is 0 Å². The third kappa shape index (κ3) is 2.35. The molecule has 0 radical (unpaired) electrons. The lowest BCUT2D eigenvalue weighted by molar-refractivity contribution is 0.476. The molecule has 0 aliphatic carbocycles. The quantitative estimate of drug-likeness (QED) is 0.754. The molecule has 0 aliphatic rings. The highest BCUT2D eigenvalue weighted by molar-refractivity contribution is 5.78. The third-order valence-corrected chi connectivity index (χ3v) is 3.64. The van der Waals surface area contributed by atoms with Gasteiger partial charge in [0.2, 0.25) is 0 Å². The molecule has 102 valence electrons. The molecule has 2 aromatic carbocycles. The van der Waals surface area contributed by atoms with Gasteiger partial charge in [-0.05, 0) is 36.7 Å². The fourth-order valence-corrected chi connectivity index (χ4v) is 2.62. The van der Waals surface area contributed by atoms with E-state index < -0.39 is 0 Å². The van der Waals surface area contributed by atoms with Gasteiger partial charge in [-0.2, -0.15) is 0 Å². The Bertz CT molecular complexity index is 681. The second-order valence-electron chi connectivity index (χ2n) is 5.03. The number of nitrogens with one attached hydrogen (secondary N) is 1. The number of rotatable bonds is 4. The summed E-state index contributed by atoms with van der Waals surface area (Å²) in [5.74, 6) is 0.974. The number of furan rings is 1. The Morgan fingerprint density at radius 3 is 2.55 bits per heavy atom. The van der Waals surface area contributed by atoms with E-state index in [-0.39, 0.29) is 6.04 Å². The van der Waals surface area contributed by atoms with Crippen LogP contribution in [0.15, 0.2) is 59.0 Å². The van der Waals surface area contributed by atoms with Gasteiger partial charge >= 0.3 is 0 Å². The molecule has 2 nitrogen and oxygen atoms in total. The molecule has 0 fully saturated rings. The van der Waals surface area contributed by atoms with Gasteiger partial charge in [0.1, 0.15) is 11.3 Å². The summed E-state index contributed by atoms with van der Waals surface area (Å²) >= 11 is 0. The lowest BCUT2D eigenvalue weighted by atomic mass is 9.99. The number of fused-ring (bicyclic) bond motifs is 1. The van der Waals surface area contributed by atoms with Crippen molar-refractivity contribution in [2.24, 2.45) is 0 Å². The summed E-state index contributed by atoms with van der Waals surface area (Å²) in [6.07, 6.45) is 0. The van der Waals surface area contributed by atoms with Gasteiger partial charge in [0.15, 0.2) is 0 Å². The van der Waals surface area contributed by atoms with Gasteiger partial charge in [0.05, 0.1) is 6.04 Å². The summed E-state index contributed by atoms with van der Waals surface area (Å²) in [4.78, 5) is 0. The molecule has 0 amide bonds. The van der Waals surface area contributed by atoms with Crippen LogP contribution in [-0.2, 0) is 0 Å². The van der Waals surface area contributed by atoms with Crippen molar-refractivity contribution in [3.05, 3.63) is 71.5 Å². The maximum Gasteiger partial charge on any atom is 0.134 e. The van der Waals surface area contributed by atoms with Crippen LogP contribution in [0.5, 0.6) is 0 Å². The van der Waals surface area contributed by atoms with Crippen LogP contribution < -0.4 is 5.32 Å². The largest absolute Gasteiger partial charge is 0.459 e. The average Bonchev–Trinajstić information content (AvgIpc) is 2.89. The number of hydrogen-bond acceptors (Lipinski definition) is 2. The van der Waals surface area contributed by atoms with Crippen LogP contribution in [0.2, 0.25) is 0 Å². The minimum atomic E-state index is 0.105. The van der Waals surface area contributed by atoms with E-state index in [0.717, 1.165) is 23.3 Å². The van der Waals surface area contributed by atoms with E-state index in [1.165, 1.54) is 11.1 Å². The summed E-state index contributed by atoms with van der Waals surface area (Å²) in [7, 11) is 0. The molecule has 3 aromatic rings. The zero-order chi connectivity index (χ0) is 13.9. The van der Waals surface area contributed by atoms with Gasteiger partial charge in [-0.15, -0.1) is 0 Å². The van der Waals surface area contributed by atoms with Crippen LogP contribution in [0.25, 0.3) is 11.0 Å². The minimum absolute atomic E-state index is 0.105. The van der Waals surface area contributed by atoms with E-state index in [4.69, 9.17) is 4.42 Å². The maximum absolute atomic E-state index is 6.03. The maximum atomic E-state index is 6.03. The van der Waals surface area contributed by atoms with Crippen molar-refractivity contribution < 1.29 is 4.42 Å². The lowest BCUT2D eigenvalue weighted by Crippen LogP contribution is -2.22. The molecule has 1 N–H and O–H groups in total. The highest BCUT2D eigenvalue weighted by Gasteiger charge is 2.18. The lowest BCUT2D eigenvalue weighted by Gasteiger charge is -2.18. The van der Waals surface area contributed by atoms with Gasteiger partial charge in [0, 0.05) is 5.39 Å². The second kappa shape index (κ2) is 5.51. The summed E-state index contributed by atoms with van der Waals surface area (Å²) < 4.78 is 6.03. The van der Waals surface area contributed by atoms with Crippen molar-refractivity contribution in [2.45, 2.75) is 19.9 Å². The summed E-state index contributed by atoms with van der Waals surface area (Å²) in [6, 6.07) is 18.8. The van der Waals surface area contributed by atoms with Gasteiger partial charge in [-0.1, -0.05) is 49.4 Å². The predicted molar refractivity (Wildman–Crippen MR) is 82.9 cm³/mol. The Morgan fingerprint density at radius 1 is 1.05 bits per heavy atom. The molecule has 1 aromatic heterocycles. The molecular formula is C18H19NO. The van der Waals surface area contributed by atoms with Crippen LogP contribution in [0.4, 0.5) is 0 Å². The SMILES string of the molecule is CCNC(c1cc2ccccc2o1)c1ccccc1C. The first-order valence-electron chi connectivity index (χ1n) is 7.07. The van der Waals surface area contributed by atoms with Gasteiger partial charge in [-0.3, -0.25) is 0 Å². The van der Waals surface area contributed by atoms with Crippen molar-refractivity contribution in [3.63, 3.8) is 0 Å². The first-order chi connectivity index (χ1) is 9.79. The molecule has 1 atom stereocenters. The topological polar surface area (TPSA) is 25.2 Å². The van der Waals surface area contributed by atoms with Crippen molar-refractivity contribution >= 4 is 11.0 Å². The highest BCUT2D eigenvalue weighted by atomic mass is 16.3. The predicted octanol–water partition coefficient (Wildman–Crippen LogP) is 4.44. The van der Waals surface area contributed by atoms with Gasteiger partial charge in [-0.25, -0.2) is 0 Å². The highest BCUT2D eigenvalue weighted by Crippen LogP contribution is 2.29. The molecule has 2 heteroatoms. The summed E-state index contributed by atoms with van der Waals surface area (Å²) in [5.41, 5.74) is 3.49. The molecule has 0 saturated carbocycles. The normalized spacial score (nSPS) is 12.7. The standard InChI is InChI=1S/C18H19NO/c1-3-19-18(15-10-6-4-8-13(15)2)17-12-14-9-5-7-11-16(14)20-17/h4-12,18-19H,3H2,1-2H3. The van der Waals surface area contributed by atoms with E-state index in [1.807, 2.05) is 18.2 Å². The van der Waals surface area contributed by atoms with Gasteiger partial charge in [0.25, 0.3) is 0 Å². The summed E-state index contributed by atoms with van der Waals surface area (Å²) in [6.45, 7) is 5.16. The monoisotopic (exact) mass is 265 g/mol. The molecule has 0 saturated heterocycles. The number of benzene rings is 2. The first-order valence-corrected chi connectivity index (χ1v) is 7.07. The molecule has 3 rings (SSSR count).